The summed E-state index contributed by atoms with van der Waals surface area (Å²) in [5.41, 5.74) is 0.767. The monoisotopic (exact) mass is 488 g/mol. The second-order valence-corrected chi connectivity index (χ2v) is 10.7. The van der Waals surface area contributed by atoms with Crippen molar-refractivity contribution < 1.29 is 18.4 Å². The first-order chi connectivity index (χ1) is 14.4. The first-order valence-corrected chi connectivity index (χ1v) is 12.0. The lowest BCUT2D eigenvalue weighted by molar-refractivity contribution is 0.284. The van der Waals surface area contributed by atoms with Crippen LogP contribution in [-0.4, -0.2) is 32.1 Å². The van der Waals surface area contributed by atoms with E-state index < -0.39 is 13.4 Å². The van der Waals surface area contributed by atoms with Gasteiger partial charge in [-0.1, -0.05) is 44.0 Å². The molecule has 0 amide bonds. The third-order valence-corrected chi connectivity index (χ3v) is 7.16. The van der Waals surface area contributed by atoms with Gasteiger partial charge < -0.3 is 14.7 Å². The van der Waals surface area contributed by atoms with Crippen LogP contribution in [-0.2, 0) is 9.09 Å². The Morgan fingerprint density at radius 2 is 2.03 bits per heavy atom. The third-order valence-electron chi connectivity index (χ3n) is 5.05. The van der Waals surface area contributed by atoms with E-state index >= 15 is 0 Å². The molecule has 168 valence electrons. The van der Waals surface area contributed by atoms with Crippen LogP contribution in [0.15, 0.2) is 24.4 Å². The molecule has 3 aromatic rings. The molecule has 0 aliphatic heterocycles. The number of rotatable bonds is 6. The lowest BCUT2D eigenvalue weighted by atomic mass is 9.88. The van der Waals surface area contributed by atoms with Crippen molar-refractivity contribution in [3.8, 4) is 11.1 Å². The molecule has 11 heteroatoms. The number of nitrogens with one attached hydrogen (secondary N) is 1. The molecule has 31 heavy (non-hydrogen) atoms. The van der Waals surface area contributed by atoms with Crippen LogP contribution in [0.2, 0.25) is 10.2 Å². The molecule has 0 fully saturated rings. The van der Waals surface area contributed by atoms with Crippen molar-refractivity contribution in [2.24, 2.45) is 5.41 Å². The number of hydrogen-bond acceptors (Lipinski definition) is 5. The quantitative estimate of drug-likeness (QED) is 0.350. The molecule has 2 aromatic heterocycles. The Morgan fingerprint density at radius 3 is 2.61 bits per heavy atom. The van der Waals surface area contributed by atoms with Crippen molar-refractivity contribution in [1.82, 2.24) is 14.6 Å². The largest absolute Gasteiger partial charge is 0.366 e. The van der Waals surface area contributed by atoms with Crippen LogP contribution in [0.25, 0.3) is 16.8 Å². The third kappa shape index (κ3) is 4.73. The molecule has 2 atom stereocenters. The fraction of sp³-hybridized carbons (Fsp3) is 0.400. The van der Waals surface area contributed by atoms with Gasteiger partial charge in [-0.25, -0.2) is 9.37 Å². The van der Waals surface area contributed by atoms with E-state index in [0.29, 0.717) is 16.9 Å². The predicted molar refractivity (Wildman–Crippen MR) is 122 cm³/mol. The van der Waals surface area contributed by atoms with Gasteiger partial charge in [-0.15, -0.1) is 0 Å². The van der Waals surface area contributed by atoms with Crippen molar-refractivity contribution in [2.75, 3.05) is 11.9 Å². The molecule has 2 heterocycles. The highest BCUT2D eigenvalue weighted by Gasteiger charge is 2.31. The van der Waals surface area contributed by atoms with Gasteiger partial charge in [0.25, 0.3) is 0 Å². The van der Waals surface area contributed by atoms with Crippen molar-refractivity contribution in [2.45, 2.75) is 40.7 Å². The number of fused-ring (bicyclic) bond motifs is 1. The molecule has 0 saturated heterocycles. The van der Waals surface area contributed by atoms with Gasteiger partial charge in [-0.05, 0) is 37.5 Å². The number of nitrogens with zero attached hydrogens (tertiary/aromatic N) is 3. The Kier molecular flexibility index (Phi) is 6.71. The molecule has 0 bridgehead atoms. The summed E-state index contributed by atoms with van der Waals surface area (Å²) in [6.45, 7) is 9.80. The Bertz CT molecular complexity index is 1180. The Hall–Kier alpha value is -1.70. The number of halogens is 3. The average Bonchev–Trinajstić information content (AvgIpc) is 3.06. The maximum Gasteiger partial charge on any atom is 0.364 e. The second kappa shape index (κ2) is 8.68. The predicted octanol–water partition coefficient (Wildman–Crippen LogP) is 5.54. The van der Waals surface area contributed by atoms with Gasteiger partial charge >= 0.3 is 7.60 Å². The average molecular weight is 489 g/mol. The highest BCUT2D eigenvalue weighted by Crippen LogP contribution is 2.44. The Balaban J connectivity index is 2.34. The van der Waals surface area contributed by atoms with Gasteiger partial charge in [-0.3, -0.25) is 4.57 Å². The minimum Gasteiger partial charge on any atom is -0.366 e. The van der Waals surface area contributed by atoms with E-state index in [9.17, 15) is 13.8 Å². The molecule has 0 saturated carbocycles. The highest BCUT2D eigenvalue weighted by atomic mass is 35.5. The summed E-state index contributed by atoms with van der Waals surface area (Å²) in [4.78, 5) is 14.7. The number of hydrogen-bond donors (Lipinski definition) is 2. The van der Waals surface area contributed by atoms with E-state index in [1.807, 2.05) is 6.92 Å². The van der Waals surface area contributed by atoms with Crippen LogP contribution in [0.3, 0.4) is 0 Å². The standard InChI is InChI=1S/C20H24Cl2FN4O3P/c1-6-30-31(28,29)15-10-24-27-18(15)26-17(22)16(13-8-7-12(23)9-14(13)21)19(27)25-11(2)20(3,4)5/h7-11,25H,6H2,1-5H3,(H,28,29). The smallest absolute Gasteiger partial charge is 0.364 e. The molecule has 0 radical (unpaired) electrons. The zero-order valence-corrected chi connectivity index (χ0v) is 20.2. The highest BCUT2D eigenvalue weighted by molar-refractivity contribution is 7.61. The number of aromatic nitrogens is 3. The summed E-state index contributed by atoms with van der Waals surface area (Å²) in [6.07, 6.45) is 1.23. The zero-order valence-electron chi connectivity index (χ0n) is 17.8. The summed E-state index contributed by atoms with van der Waals surface area (Å²) in [5.74, 6) is -0.0792. The minimum absolute atomic E-state index is 0.0165. The van der Waals surface area contributed by atoms with E-state index in [2.05, 4.69) is 36.2 Å². The number of benzene rings is 1. The van der Waals surface area contributed by atoms with Crippen molar-refractivity contribution in [3.05, 3.63) is 40.4 Å². The maximum absolute atomic E-state index is 13.7. The lowest BCUT2D eigenvalue weighted by Gasteiger charge is -2.30. The van der Waals surface area contributed by atoms with Gasteiger partial charge in [0.05, 0.1) is 23.4 Å². The summed E-state index contributed by atoms with van der Waals surface area (Å²) < 4.78 is 32.7. The van der Waals surface area contributed by atoms with E-state index in [-0.39, 0.29) is 39.2 Å². The van der Waals surface area contributed by atoms with E-state index in [0.717, 1.165) is 0 Å². The molecule has 0 aliphatic rings. The zero-order chi connectivity index (χ0) is 23.1. The fourth-order valence-corrected chi connectivity index (χ4v) is 4.50. The molecular weight excluding hydrogens is 465 g/mol. The van der Waals surface area contributed by atoms with E-state index in [1.165, 1.54) is 28.9 Å². The molecule has 2 N–H and O–H groups in total. The minimum atomic E-state index is -4.16. The molecule has 0 spiro atoms. The molecule has 2 unspecified atom stereocenters. The summed E-state index contributed by atoms with van der Waals surface area (Å²) in [6, 6.07) is 3.87. The van der Waals surface area contributed by atoms with Crippen LogP contribution in [0.4, 0.5) is 10.2 Å². The topological polar surface area (TPSA) is 88.8 Å². The van der Waals surface area contributed by atoms with E-state index in [4.69, 9.17) is 27.7 Å². The summed E-state index contributed by atoms with van der Waals surface area (Å²) >= 11 is 12.9. The van der Waals surface area contributed by atoms with Crippen LogP contribution in [0.1, 0.15) is 34.6 Å². The van der Waals surface area contributed by atoms with Gasteiger partial charge in [-0.2, -0.15) is 9.61 Å². The Morgan fingerprint density at radius 1 is 1.35 bits per heavy atom. The lowest BCUT2D eigenvalue weighted by Crippen LogP contribution is -2.32. The van der Waals surface area contributed by atoms with Gasteiger partial charge in [0.2, 0.25) is 0 Å². The van der Waals surface area contributed by atoms with E-state index in [1.54, 1.807) is 6.92 Å². The van der Waals surface area contributed by atoms with Crippen molar-refractivity contribution >= 4 is 47.6 Å². The summed E-state index contributed by atoms with van der Waals surface area (Å²) in [7, 11) is -4.16. The first kappa shape index (κ1) is 24.0. The van der Waals surface area contributed by atoms with Crippen LogP contribution >= 0.6 is 30.8 Å². The van der Waals surface area contributed by atoms with Crippen LogP contribution in [0.5, 0.6) is 0 Å². The first-order valence-electron chi connectivity index (χ1n) is 9.64. The SMILES string of the molecule is CCOP(=O)(O)c1cnn2c(NC(C)C(C)(C)C)c(-c3ccc(F)cc3Cl)c(Cl)nc12. The van der Waals surface area contributed by atoms with Gasteiger partial charge in [0, 0.05) is 11.6 Å². The Labute approximate surface area is 190 Å². The molecule has 0 aliphatic carbocycles. The maximum atomic E-state index is 13.7. The van der Waals surface area contributed by atoms with Crippen LogP contribution < -0.4 is 10.6 Å². The fourth-order valence-electron chi connectivity index (χ4n) is 2.88. The number of anilines is 1. The second-order valence-electron chi connectivity index (χ2n) is 8.19. The molecule has 3 rings (SSSR count). The molecule has 1 aromatic carbocycles. The van der Waals surface area contributed by atoms with Crippen molar-refractivity contribution in [1.29, 1.82) is 0 Å². The van der Waals surface area contributed by atoms with Gasteiger partial charge in [0.15, 0.2) is 5.65 Å². The summed E-state index contributed by atoms with van der Waals surface area (Å²) in [5, 5.41) is 7.75. The molecular formula is C20H24Cl2FN4O3P. The normalized spacial score (nSPS) is 15.1. The van der Waals surface area contributed by atoms with Crippen LogP contribution in [0, 0.1) is 11.2 Å². The molecule has 7 nitrogen and oxygen atoms in total. The van der Waals surface area contributed by atoms with Crippen molar-refractivity contribution in [3.63, 3.8) is 0 Å². The van der Waals surface area contributed by atoms with Gasteiger partial charge in [0.1, 0.15) is 22.1 Å².